The molecule has 0 saturated heterocycles. The van der Waals surface area contributed by atoms with Gasteiger partial charge in [0.25, 0.3) is 0 Å². The number of rotatable bonds is 19. The van der Waals surface area contributed by atoms with Gasteiger partial charge in [-0.05, 0) is 70.9 Å². The lowest BCUT2D eigenvalue weighted by molar-refractivity contribution is -0.137. The first-order chi connectivity index (χ1) is 14.1. The van der Waals surface area contributed by atoms with Crippen molar-refractivity contribution in [1.29, 1.82) is 0 Å². The van der Waals surface area contributed by atoms with Gasteiger partial charge in [-0.15, -0.1) is 37.2 Å². The van der Waals surface area contributed by atoms with Crippen molar-refractivity contribution in [3.05, 3.63) is 0 Å². The predicted molar refractivity (Wildman–Crippen MR) is 146 cm³/mol. The van der Waals surface area contributed by atoms with E-state index in [1.165, 1.54) is 0 Å². The van der Waals surface area contributed by atoms with Crippen LogP contribution in [0.5, 0.6) is 0 Å². The molecule has 0 aromatic carbocycles. The van der Waals surface area contributed by atoms with Crippen molar-refractivity contribution in [2.45, 2.75) is 109 Å². The van der Waals surface area contributed by atoms with Crippen molar-refractivity contribution in [1.82, 2.24) is 10.2 Å². The monoisotopic (exact) mass is 536 g/mol. The van der Waals surface area contributed by atoms with Gasteiger partial charge in [0, 0.05) is 37.0 Å². The van der Waals surface area contributed by atoms with Crippen LogP contribution in [-0.4, -0.2) is 59.1 Å². The lowest BCUT2D eigenvalue weighted by atomic mass is 9.90. The highest BCUT2D eigenvalue weighted by Gasteiger charge is 2.23. The molecule has 0 rings (SSSR count). The van der Waals surface area contributed by atoms with E-state index in [9.17, 15) is 9.59 Å². The summed E-state index contributed by atoms with van der Waals surface area (Å²) in [7, 11) is 0. The average molecular weight is 538 g/mol. The number of carbonyl (C=O) groups excluding carboxylic acids is 1. The van der Waals surface area contributed by atoms with Crippen molar-refractivity contribution in [2.24, 2.45) is 11.5 Å². The zero-order valence-electron chi connectivity index (χ0n) is 21.2. The van der Waals surface area contributed by atoms with Crippen LogP contribution in [0.15, 0.2) is 0 Å². The summed E-state index contributed by atoms with van der Waals surface area (Å²) in [6.07, 6.45) is 8.10. The maximum absolute atomic E-state index is 12.6. The molecule has 0 radical (unpaired) electrons. The zero-order valence-corrected chi connectivity index (χ0v) is 23.6. The first kappa shape index (κ1) is 39.9. The Balaban J connectivity index is -0.00000140. The van der Waals surface area contributed by atoms with Crippen LogP contribution in [0.2, 0.25) is 0 Å². The molecule has 7 nitrogen and oxygen atoms in total. The second-order valence-corrected chi connectivity index (χ2v) is 8.72. The highest BCUT2D eigenvalue weighted by Crippen LogP contribution is 2.18. The third-order valence-corrected chi connectivity index (χ3v) is 6.66. The molecule has 1 amide bonds. The van der Waals surface area contributed by atoms with Crippen LogP contribution in [0.4, 0.5) is 0 Å². The van der Waals surface area contributed by atoms with Crippen molar-refractivity contribution in [3.8, 4) is 0 Å². The summed E-state index contributed by atoms with van der Waals surface area (Å²) in [5.41, 5.74) is 12.4. The summed E-state index contributed by atoms with van der Waals surface area (Å²) in [6, 6.07) is 0. The van der Waals surface area contributed by atoms with Gasteiger partial charge in [-0.25, -0.2) is 0 Å². The van der Waals surface area contributed by atoms with E-state index < -0.39 is 5.97 Å². The summed E-state index contributed by atoms with van der Waals surface area (Å²) in [5.74, 6) is -0.816. The molecule has 0 heterocycles. The number of carboxylic acid groups (broad SMARTS) is 1. The largest absolute Gasteiger partial charge is 0.481 e. The average Bonchev–Trinajstić information content (AvgIpc) is 2.74. The lowest BCUT2D eigenvalue weighted by Crippen LogP contribution is -2.43. The minimum atomic E-state index is -0.856. The van der Waals surface area contributed by atoms with Gasteiger partial charge in [0.1, 0.15) is 0 Å². The molecule has 0 fully saturated rings. The van der Waals surface area contributed by atoms with E-state index in [0.29, 0.717) is 19.5 Å². The number of nitrogens with one attached hydrogen (secondary N) is 1. The number of nitrogens with zero attached hydrogens (tertiary/aromatic N) is 1. The summed E-state index contributed by atoms with van der Waals surface area (Å²) in [5, 5.41) is 12.3. The zero-order chi connectivity index (χ0) is 23.0. The van der Waals surface area contributed by atoms with Crippen LogP contribution < -0.4 is 16.8 Å². The van der Waals surface area contributed by atoms with Crippen molar-refractivity contribution in [3.63, 3.8) is 0 Å². The van der Waals surface area contributed by atoms with E-state index in [-0.39, 0.29) is 67.0 Å². The molecule has 0 aliphatic rings. The SMILES string of the molecule is CCC(N)(CC)CCNCCCCN(CCC(N)(CC)CC)C(=O)CCCC(=O)O.Cl.Cl.Cl. The first-order valence-corrected chi connectivity index (χ1v) is 11.9. The van der Waals surface area contributed by atoms with Crippen LogP contribution in [0.1, 0.15) is 98.3 Å². The minimum absolute atomic E-state index is 0. The second kappa shape index (κ2) is 22.2. The molecule has 33 heavy (non-hydrogen) atoms. The van der Waals surface area contributed by atoms with Gasteiger partial charge in [0.2, 0.25) is 5.91 Å². The van der Waals surface area contributed by atoms with E-state index in [2.05, 4.69) is 33.0 Å². The molecule has 0 unspecified atom stereocenters. The molecule has 0 saturated carbocycles. The summed E-state index contributed by atoms with van der Waals surface area (Å²) < 4.78 is 0. The second-order valence-electron chi connectivity index (χ2n) is 8.72. The molecule has 0 aromatic rings. The van der Waals surface area contributed by atoms with Crippen LogP contribution in [0.25, 0.3) is 0 Å². The topological polar surface area (TPSA) is 122 Å². The molecule has 0 aliphatic carbocycles. The number of hydrogen-bond acceptors (Lipinski definition) is 5. The number of hydrogen-bond donors (Lipinski definition) is 4. The minimum Gasteiger partial charge on any atom is -0.481 e. The van der Waals surface area contributed by atoms with Gasteiger partial charge >= 0.3 is 5.97 Å². The maximum atomic E-state index is 12.6. The van der Waals surface area contributed by atoms with Gasteiger partial charge in [-0.1, -0.05) is 27.7 Å². The van der Waals surface area contributed by atoms with E-state index in [1.54, 1.807) is 0 Å². The van der Waals surface area contributed by atoms with Gasteiger partial charge < -0.3 is 26.8 Å². The Morgan fingerprint density at radius 2 is 1.27 bits per heavy atom. The molecule has 0 bridgehead atoms. The van der Waals surface area contributed by atoms with E-state index >= 15 is 0 Å². The summed E-state index contributed by atoms with van der Waals surface area (Å²) in [4.78, 5) is 25.2. The molecule has 10 heteroatoms. The Morgan fingerprint density at radius 1 is 0.758 bits per heavy atom. The Morgan fingerprint density at radius 3 is 1.76 bits per heavy atom. The number of amides is 1. The molecular weight excluding hydrogens is 487 g/mol. The van der Waals surface area contributed by atoms with Crippen LogP contribution in [0, 0.1) is 0 Å². The summed E-state index contributed by atoms with van der Waals surface area (Å²) >= 11 is 0. The number of nitrogens with two attached hydrogens (primary N) is 2. The van der Waals surface area contributed by atoms with Crippen LogP contribution in [0.3, 0.4) is 0 Å². The Hall–Kier alpha value is -0.310. The number of carboxylic acids is 1. The van der Waals surface area contributed by atoms with E-state index in [1.807, 2.05) is 4.90 Å². The molecule has 0 atom stereocenters. The molecule has 202 valence electrons. The molecule has 0 spiro atoms. The van der Waals surface area contributed by atoms with E-state index in [4.69, 9.17) is 16.6 Å². The smallest absolute Gasteiger partial charge is 0.303 e. The molecule has 6 N–H and O–H groups in total. The Labute approximate surface area is 220 Å². The van der Waals surface area contributed by atoms with Gasteiger partial charge in [-0.2, -0.15) is 0 Å². The molecule has 0 aromatic heterocycles. The first-order valence-electron chi connectivity index (χ1n) is 11.9. The Bertz CT molecular complexity index is 492. The molecular formula is C23H51Cl3N4O3. The Kier molecular flexibility index (Phi) is 26.8. The fourth-order valence-corrected chi connectivity index (χ4v) is 3.49. The standard InChI is InChI=1S/C23H48N4O3.3ClH/c1-5-22(24,6-2)14-17-26-16-9-10-18-27(19-15-23(25,7-3)8-4)20(28)12-11-13-21(29)30;;;/h26H,5-19,24-25H2,1-4H3,(H,29,30);3*1H. The summed E-state index contributed by atoms with van der Waals surface area (Å²) in [6.45, 7) is 11.6. The number of unbranched alkanes of at least 4 members (excludes halogenated alkanes) is 1. The fourth-order valence-electron chi connectivity index (χ4n) is 3.49. The molecule has 0 aliphatic heterocycles. The van der Waals surface area contributed by atoms with Crippen LogP contribution in [-0.2, 0) is 9.59 Å². The van der Waals surface area contributed by atoms with Crippen molar-refractivity contribution in [2.75, 3.05) is 26.2 Å². The van der Waals surface area contributed by atoms with Gasteiger partial charge in [-0.3, -0.25) is 9.59 Å². The quantitative estimate of drug-likeness (QED) is 0.180. The lowest BCUT2D eigenvalue weighted by Gasteiger charge is -2.31. The van der Waals surface area contributed by atoms with E-state index in [0.717, 1.165) is 64.5 Å². The van der Waals surface area contributed by atoms with Crippen molar-refractivity contribution < 1.29 is 14.7 Å². The van der Waals surface area contributed by atoms with Gasteiger partial charge in [0.05, 0.1) is 0 Å². The number of halogens is 3. The maximum Gasteiger partial charge on any atom is 0.303 e. The predicted octanol–water partition coefficient (Wildman–Crippen LogP) is 4.52. The fraction of sp³-hybridized carbons (Fsp3) is 0.913. The van der Waals surface area contributed by atoms with Gasteiger partial charge in [0.15, 0.2) is 0 Å². The third kappa shape index (κ3) is 18.7. The third-order valence-electron chi connectivity index (χ3n) is 6.66. The number of aliphatic carboxylic acids is 1. The van der Waals surface area contributed by atoms with Crippen molar-refractivity contribution >= 4 is 49.1 Å². The number of carbonyl (C=O) groups is 2. The highest BCUT2D eigenvalue weighted by molar-refractivity contribution is 5.86. The van der Waals surface area contributed by atoms with Crippen LogP contribution >= 0.6 is 37.2 Å². The highest BCUT2D eigenvalue weighted by atomic mass is 35.5. The normalized spacial score (nSPS) is 11.1.